The minimum Gasteiger partial charge on any atom is -0.329 e. The molecule has 1 heterocycles. The number of alkyl halides is 3. The summed E-state index contributed by atoms with van der Waals surface area (Å²) in [6.07, 6.45) is -4.33. The molecule has 2 rings (SSSR count). The highest BCUT2D eigenvalue weighted by molar-refractivity contribution is 5.50. The molecular formula is C15H18F3N3. The number of hydrogen-bond donors (Lipinski definition) is 1. The third-order valence-corrected chi connectivity index (χ3v) is 3.43. The molecule has 3 nitrogen and oxygen atoms in total. The SMILES string of the molecule is CCN1CCN(C#CNc2cccc(C(F)(F)F)c2)CC1. The van der Waals surface area contributed by atoms with Crippen molar-refractivity contribution in [3.8, 4) is 12.1 Å². The molecule has 1 aromatic carbocycles. The summed E-state index contributed by atoms with van der Waals surface area (Å²) in [5.41, 5.74) is -0.324. The van der Waals surface area contributed by atoms with Crippen molar-refractivity contribution >= 4 is 5.69 Å². The molecule has 1 N–H and O–H groups in total. The van der Waals surface area contributed by atoms with Gasteiger partial charge in [0.25, 0.3) is 0 Å². The highest BCUT2D eigenvalue weighted by Crippen LogP contribution is 2.30. The van der Waals surface area contributed by atoms with Crippen LogP contribution in [-0.4, -0.2) is 42.5 Å². The van der Waals surface area contributed by atoms with Gasteiger partial charge in [0, 0.05) is 44.0 Å². The molecule has 0 amide bonds. The summed E-state index contributed by atoms with van der Waals surface area (Å²) >= 11 is 0. The number of rotatable bonds is 2. The maximum Gasteiger partial charge on any atom is 0.416 e. The highest BCUT2D eigenvalue weighted by atomic mass is 19.4. The molecule has 1 aliphatic rings. The Morgan fingerprint density at radius 3 is 2.52 bits per heavy atom. The summed E-state index contributed by atoms with van der Waals surface area (Å²) in [6.45, 7) is 6.79. The Bertz CT molecular complexity index is 523. The number of halogens is 3. The Morgan fingerprint density at radius 2 is 1.90 bits per heavy atom. The summed E-state index contributed by atoms with van der Waals surface area (Å²) in [7, 11) is 0. The minimum absolute atomic E-state index is 0.351. The topological polar surface area (TPSA) is 18.5 Å². The van der Waals surface area contributed by atoms with Crippen molar-refractivity contribution in [3.63, 3.8) is 0 Å². The highest BCUT2D eigenvalue weighted by Gasteiger charge is 2.30. The van der Waals surface area contributed by atoms with Gasteiger partial charge < -0.3 is 15.1 Å². The average Bonchev–Trinajstić information content (AvgIpc) is 2.47. The summed E-state index contributed by atoms with van der Waals surface area (Å²) in [5.74, 6) is 0. The zero-order valence-corrected chi connectivity index (χ0v) is 11.9. The Balaban J connectivity index is 1.91. The second-order valence-electron chi connectivity index (χ2n) is 4.86. The largest absolute Gasteiger partial charge is 0.416 e. The summed E-state index contributed by atoms with van der Waals surface area (Å²) in [5, 5.41) is 2.71. The number of nitrogens with zero attached hydrogens (tertiary/aromatic N) is 2. The first-order chi connectivity index (χ1) is 9.99. The van der Waals surface area contributed by atoms with Crippen molar-refractivity contribution in [2.75, 3.05) is 38.0 Å². The van der Waals surface area contributed by atoms with Gasteiger partial charge in [0.1, 0.15) is 0 Å². The van der Waals surface area contributed by atoms with E-state index in [4.69, 9.17) is 0 Å². The normalized spacial score (nSPS) is 16.3. The van der Waals surface area contributed by atoms with E-state index in [9.17, 15) is 13.2 Å². The number of piperazine rings is 1. The third-order valence-electron chi connectivity index (χ3n) is 3.43. The van der Waals surface area contributed by atoms with Crippen LogP contribution in [-0.2, 0) is 6.18 Å². The molecule has 0 aromatic heterocycles. The van der Waals surface area contributed by atoms with Gasteiger partial charge in [-0.1, -0.05) is 13.0 Å². The molecule has 0 aliphatic carbocycles. The lowest BCUT2D eigenvalue weighted by Crippen LogP contribution is -2.44. The molecule has 0 spiro atoms. The lowest BCUT2D eigenvalue weighted by Gasteiger charge is -2.31. The van der Waals surface area contributed by atoms with E-state index in [0.717, 1.165) is 44.9 Å². The van der Waals surface area contributed by atoms with Gasteiger partial charge in [0.05, 0.1) is 5.56 Å². The number of likely N-dealkylation sites (N-methyl/N-ethyl adjacent to an activating group) is 1. The fourth-order valence-corrected chi connectivity index (χ4v) is 2.13. The summed E-state index contributed by atoms with van der Waals surface area (Å²) in [4.78, 5) is 4.31. The molecule has 1 fully saturated rings. The average molecular weight is 297 g/mol. The van der Waals surface area contributed by atoms with Crippen molar-refractivity contribution in [1.82, 2.24) is 9.80 Å². The molecule has 6 heteroatoms. The van der Waals surface area contributed by atoms with Crippen LogP contribution in [0.3, 0.4) is 0 Å². The Morgan fingerprint density at radius 1 is 1.19 bits per heavy atom. The van der Waals surface area contributed by atoms with Gasteiger partial charge in [-0.15, -0.1) is 0 Å². The van der Waals surface area contributed by atoms with E-state index in [1.807, 2.05) is 4.90 Å². The van der Waals surface area contributed by atoms with Crippen LogP contribution in [0, 0.1) is 12.1 Å². The van der Waals surface area contributed by atoms with E-state index in [0.29, 0.717) is 5.69 Å². The van der Waals surface area contributed by atoms with Gasteiger partial charge in [-0.25, -0.2) is 0 Å². The molecule has 1 aromatic rings. The maximum absolute atomic E-state index is 12.6. The standard InChI is InChI=1S/C15H18F3N3/c1-2-20-8-10-21(11-9-20)7-6-19-14-5-3-4-13(12-14)15(16,17)18/h3-5,12,19H,2,8-11H2,1H3. The Kier molecular flexibility index (Phi) is 4.97. The molecule has 0 bridgehead atoms. The van der Waals surface area contributed by atoms with E-state index in [1.54, 1.807) is 6.07 Å². The Labute approximate surface area is 122 Å². The zero-order valence-electron chi connectivity index (χ0n) is 11.9. The van der Waals surface area contributed by atoms with Crippen molar-refractivity contribution in [1.29, 1.82) is 0 Å². The van der Waals surface area contributed by atoms with Crippen molar-refractivity contribution in [2.24, 2.45) is 0 Å². The van der Waals surface area contributed by atoms with Crippen molar-refractivity contribution < 1.29 is 13.2 Å². The Hall–Kier alpha value is -1.87. The number of benzene rings is 1. The molecule has 0 radical (unpaired) electrons. The predicted molar refractivity (Wildman–Crippen MR) is 76.5 cm³/mol. The van der Waals surface area contributed by atoms with Crippen LogP contribution < -0.4 is 5.32 Å². The first-order valence-electron chi connectivity index (χ1n) is 6.90. The predicted octanol–water partition coefficient (Wildman–Crippen LogP) is 2.67. The fourth-order valence-electron chi connectivity index (χ4n) is 2.13. The minimum atomic E-state index is -4.33. The summed E-state index contributed by atoms with van der Waals surface area (Å²) in [6, 6.07) is 10.7. The van der Waals surface area contributed by atoms with Gasteiger partial charge in [0.15, 0.2) is 0 Å². The van der Waals surface area contributed by atoms with Gasteiger partial charge in [-0.3, -0.25) is 0 Å². The van der Waals surface area contributed by atoms with Crippen LogP contribution >= 0.6 is 0 Å². The van der Waals surface area contributed by atoms with Crippen molar-refractivity contribution in [3.05, 3.63) is 29.8 Å². The van der Waals surface area contributed by atoms with Gasteiger partial charge in [0.2, 0.25) is 0 Å². The number of hydrogen-bond acceptors (Lipinski definition) is 3. The molecule has 1 aliphatic heterocycles. The lowest BCUT2D eigenvalue weighted by molar-refractivity contribution is -0.137. The monoisotopic (exact) mass is 297 g/mol. The lowest BCUT2D eigenvalue weighted by atomic mass is 10.2. The molecule has 21 heavy (non-hydrogen) atoms. The first-order valence-corrected chi connectivity index (χ1v) is 6.90. The van der Waals surface area contributed by atoms with Crippen LogP contribution in [0.5, 0.6) is 0 Å². The van der Waals surface area contributed by atoms with Gasteiger partial charge >= 0.3 is 6.18 Å². The van der Waals surface area contributed by atoms with Crippen LogP contribution in [0.2, 0.25) is 0 Å². The molecule has 1 saturated heterocycles. The van der Waals surface area contributed by atoms with E-state index >= 15 is 0 Å². The fraction of sp³-hybridized carbons (Fsp3) is 0.467. The van der Waals surface area contributed by atoms with Crippen LogP contribution in [0.25, 0.3) is 0 Å². The number of anilines is 1. The molecule has 114 valence electrons. The van der Waals surface area contributed by atoms with Gasteiger partial charge in [-0.05, 0) is 24.7 Å². The third kappa shape index (κ3) is 4.57. The van der Waals surface area contributed by atoms with E-state index in [2.05, 4.69) is 29.2 Å². The molecule has 0 atom stereocenters. The molecule has 0 saturated carbocycles. The van der Waals surface area contributed by atoms with Crippen molar-refractivity contribution in [2.45, 2.75) is 13.1 Å². The van der Waals surface area contributed by atoms with E-state index < -0.39 is 11.7 Å². The first kappa shape index (κ1) is 15.5. The van der Waals surface area contributed by atoms with Crippen LogP contribution in [0.15, 0.2) is 24.3 Å². The maximum atomic E-state index is 12.6. The van der Waals surface area contributed by atoms with Crippen LogP contribution in [0.4, 0.5) is 18.9 Å². The van der Waals surface area contributed by atoms with Gasteiger partial charge in [-0.2, -0.15) is 13.2 Å². The molecular weight excluding hydrogens is 279 g/mol. The zero-order chi connectivity index (χ0) is 15.3. The van der Waals surface area contributed by atoms with E-state index in [1.165, 1.54) is 6.07 Å². The smallest absolute Gasteiger partial charge is 0.329 e. The second-order valence-corrected chi connectivity index (χ2v) is 4.86. The van der Waals surface area contributed by atoms with Crippen LogP contribution in [0.1, 0.15) is 12.5 Å². The number of nitrogens with one attached hydrogen (secondary N) is 1. The quantitative estimate of drug-likeness (QED) is 0.669. The molecule has 0 unspecified atom stereocenters. The second kappa shape index (κ2) is 6.72. The summed E-state index contributed by atoms with van der Waals surface area (Å²) < 4.78 is 37.7. The van der Waals surface area contributed by atoms with E-state index in [-0.39, 0.29) is 0 Å².